The van der Waals surface area contributed by atoms with Gasteiger partial charge in [-0.2, -0.15) is 4.31 Å². The molecule has 0 aromatic heterocycles. The van der Waals surface area contributed by atoms with Crippen LogP contribution in [-0.4, -0.2) is 45.4 Å². The number of methoxy groups -OCH3 is 2. The highest BCUT2D eigenvalue weighted by Crippen LogP contribution is 2.31. The van der Waals surface area contributed by atoms with E-state index in [-0.39, 0.29) is 35.7 Å². The molecule has 2 rings (SSSR count). The second-order valence-electron chi connectivity index (χ2n) is 7.03. The smallest absolute Gasteiger partial charge is 0.247 e. The Balaban J connectivity index is 2.40. The maximum absolute atomic E-state index is 13.5. The molecule has 0 radical (unpaired) electrons. The van der Waals surface area contributed by atoms with E-state index in [4.69, 9.17) is 9.47 Å². The molecule has 7 nitrogen and oxygen atoms in total. The SMILES string of the molecule is CCC[C@H](C)NC(=O)CN(Cc1ccccc1)S(=O)(=O)c1cc(OC)ccc1OC. The van der Waals surface area contributed by atoms with Gasteiger partial charge in [0, 0.05) is 18.7 Å². The highest BCUT2D eigenvalue weighted by atomic mass is 32.2. The normalized spacial score (nSPS) is 12.4. The Morgan fingerprint density at radius 3 is 2.40 bits per heavy atom. The van der Waals surface area contributed by atoms with Crippen molar-refractivity contribution in [3.8, 4) is 11.5 Å². The van der Waals surface area contributed by atoms with Crippen LogP contribution in [0.3, 0.4) is 0 Å². The topological polar surface area (TPSA) is 84.9 Å². The van der Waals surface area contributed by atoms with Gasteiger partial charge in [0.1, 0.15) is 16.4 Å². The number of amides is 1. The first-order valence-electron chi connectivity index (χ1n) is 9.87. The largest absolute Gasteiger partial charge is 0.497 e. The van der Waals surface area contributed by atoms with Gasteiger partial charge < -0.3 is 14.8 Å². The van der Waals surface area contributed by atoms with Crippen LogP contribution in [0.5, 0.6) is 11.5 Å². The van der Waals surface area contributed by atoms with Crippen molar-refractivity contribution in [2.45, 2.75) is 44.2 Å². The van der Waals surface area contributed by atoms with Gasteiger partial charge in [-0.15, -0.1) is 0 Å². The van der Waals surface area contributed by atoms with Crippen LogP contribution in [0.2, 0.25) is 0 Å². The molecule has 8 heteroatoms. The van der Waals surface area contributed by atoms with Crippen LogP contribution in [-0.2, 0) is 21.4 Å². The third-order valence-electron chi connectivity index (χ3n) is 4.64. The molecule has 0 saturated carbocycles. The minimum Gasteiger partial charge on any atom is -0.497 e. The average molecular weight is 435 g/mol. The fourth-order valence-corrected chi connectivity index (χ4v) is 4.68. The van der Waals surface area contributed by atoms with Gasteiger partial charge in [0.05, 0.1) is 20.8 Å². The quantitative estimate of drug-likeness (QED) is 0.587. The third kappa shape index (κ3) is 6.21. The van der Waals surface area contributed by atoms with E-state index in [0.717, 1.165) is 22.7 Å². The van der Waals surface area contributed by atoms with Gasteiger partial charge in [0.25, 0.3) is 0 Å². The van der Waals surface area contributed by atoms with E-state index >= 15 is 0 Å². The molecule has 0 saturated heterocycles. The molecular formula is C22H30N2O5S. The Morgan fingerprint density at radius 2 is 1.80 bits per heavy atom. The molecule has 1 N–H and O–H groups in total. The van der Waals surface area contributed by atoms with Crippen LogP contribution in [0.15, 0.2) is 53.4 Å². The molecule has 0 unspecified atom stereocenters. The monoisotopic (exact) mass is 434 g/mol. The summed E-state index contributed by atoms with van der Waals surface area (Å²) in [5.41, 5.74) is 0.775. The van der Waals surface area contributed by atoms with Crippen molar-refractivity contribution in [3.05, 3.63) is 54.1 Å². The number of ether oxygens (including phenoxy) is 2. The van der Waals surface area contributed by atoms with Crippen molar-refractivity contribution in [1.82, 2.24) is 9.62 Å². The molecule has 1 amide bonds. The maximum Gasteiger partial charge on any atom is 0.247 e. The summed E-state index contributed by atoms with van der Waals surface area (Å²) in [6.45, 7) is 3.69. The summed E-state index contributed by atoms with van der Waals surface area (Å²) in [6.07, 6.45) is 1.75. The summed E-state index contributed by atoms with van der Waals surface area (Å²) in [5, 5.41) is 2.87. The van der Waals surface area contributed by atoms with E-state index in [9.17, 15) is 13.2 Å². The molecule has 30 heavy (non-hydrogen) atoms. The van der Waals surface area contributed by atoms with Gasteiger partial charge in [0.2, 0.25) is 15.9 Å². The molecule has 0 bridgehead atoms. The van der Waals surface area contributed by atoms with E-state index in [1.54, 1.807) is 6.07 Å². The predicted octanol–water partition coefficient (Wildman–Crippen LogP) is 3.20. The third-order valence-corrected chi connectivity index (χ3v) is 6.45. The Morgan fingerprint density at radius 1 is 1.10 bits per heavy atom. The number of benzene rings is 2. The molecule has 164 valence electrons. The van der Waals surface area contributed by atoms with Crippen LogP contribution in [0, 0.1) is 0 Å². The Bertz CT molecular complexity index is 932. The van der Waals surface area contributed by atoms with Crippen LogP contribution in [0.4, 0.5) is 0 Å². The van der Waals surface area contributed by atoms with Crippen molar-refractivity contribution in [2.75, 3.05) is 20.8 Å². The fourth-order valence-electron chi connectivity index (χ4n) is 3.12. The summed E-state index contributed by atoms with van der Waals surface area (Å²) in [4.78, 5) is 12.6. The summed E-state index contributed by atoms with van der Waals surface area (Å²) >= 11 is 0. The standard InChI is InChI=1S/C22H30N2O5S/c1-5-9-17(2)23-22(25)16-24(15-18-10-7-6-8-11-18)30(26,27)21-14-19(28-3)12-13-20(21)29-4/h6-8,10-14,17H,5,9,15-16H2,1-4H3,(H,23,25)/t17-/m0/s1. The van der Waals surface area contributed by atoms with Crippen molar-refractivity contribution in [2.24, 2.45) is 0 Å². The molecule has 1 atom stereocenters. The van der Waals surface area contributed by atoms with Gasteiger partial charge in [-0.3, -0.25) is 4.79 Å². The minimum atomic E-state index is -4.05. The Hall–Kier alpha value is -2.58. The van der Waals surface area contributed by atoms with Gasteiger partial charge in [-0.25, -0.2) is 8.42 Å². The molecule has 0 aliphatic rings. The lowest BCUT2D eigenvalue weighted by Crippen LogP contribution is -2.43. The Labute approximate surface area is 179 Å². The number of rotatable bonds is 11. The number of sulfonamides is 1. The van der Waals surface area contributed by atoms with E-state index in [2.05, 4.69) is 5.32 Å². The maximum atomic E-state index is 13.5. The van der Waals surface area contributed by atoms with Crippen molar-refractivity contribution < 1.29 is 22.7 Å². The second kappa shape index (κ2) is 11.0. The summed E-state index contributed by atoms with van der Waals surface area (Å²) in [5.74, 6) is 0.223. The minimum absolute atomic E-state index is 0.0323. The number of carbonyl (C=O) groups is 1. The Kier molecular flexibility index (Phi) is 8.68. The zero-order valence-corrected chi connectivity index (χ0v) is 18.7. The highest BCUT2D eigenvalue weighted by Gasteiger charge is 2.30. The number of nitrogens with zero attached hydrogens (tertiary/aromatic N) is 1. The first-order chi connectivity index (χ1) is 14.3. The second-order valence-corrected chi connectivity index (χ2v) is 8.94. The molecule has 0 heterocycles. The van der Waals surface area contributed by atoms with Crippen molar-refractivity contribution in [3.63, 3.8) is 0 Å². The van der Waals surface area contributed by atoms with Crippen LogP contribution in [0.25, 0.3) is 0 Å². The van der Waals surface area contributed by atoms with E-state index < -0.39 is 10.0 Å². The van der Waals surface area contributed by atoms with Crippen molar-refractivity contribution >= 4 is 15.9 Å². The van der Waals surface area contributed by atoms with Gasteiger partial charge in [-0.05, 0) is 31.0 Å². The number of hydrogen-bond acceptors (Lipinski definition) is 5. The van der Waals surface area contributed by atoms with Crippen molar-refractivity contribution in [1.29, 1.82) is 0 Å². The molecule has 2 aromatic carbocycles. The molecular weight excluding hydrogens is 404 g/mol. The van der Waals surface area contributed by atoms with Gasteiger partial charge in [-0.1, -0.05) is 43.7 Å². The number of hydrogen-bond donors (Lipinski definition) is 1. The summed E-state index contributed by atoms with van der Waals surface area (Å²) in [7, 11) is -1.19. The van der Waals surface area contributed by atoms with Crippen LogP contribution in [0.1, 0.15) is 32.3 Å². The van der Waals surface area contributed by atoms with E-state index in [0.29, 0.717) is 5.75 Å². The highest BCUT2D eigenvalue weighted by molar-refractivity contribution is 7.89. The lowest BCUT2D eigenvalue weighted by Gasteiger charge is -2.24. The lowest BCUT2D eigenvalue weighted by atomic mass is 10.2. The zero-order chi connectivity index (χ0) is 22.1. The fraction of sp³-hybridized carbons (Fsp3) is 0.409. The number of carbonyl (C=O) groups excluding carboxylic acids is 1. The van der Waals surface area contributed by atoms with Gasteiger partial charge in [0.15, 0.2) is 0 Å². The molecule has 0 aliphatic carbocycles. The average Bonchev–Trinajstić information content (AvgIpc) is 2.73. The first kappa shape index (κ1) is 23.7. The zero-order valence-electron chi connectivity index (χ0n) is 17.9. The summed E-state index contributed by atoms with van der Waals surface area (Å²) < 4.78 is 38.7. The predicted molar refractivity (Wildman–Crippen MR) is 116 cm³/mol. The number of nitrogens with one attached hydrogen (secondary N) is 1. The van der Waals surface area contributed by atoms with Crippen LogP contribution < -0.4 is 14.8 Å². The van der Waals surface area contributed by atoms with Gasteiger partial charge >= 0.3 is 0 Å². The van der Waals surface area contributed by atoms with Crippen LogP contribution >= 0.6 is 0 Å². The van der Waals surface area contributed by atoms with E-state index in [1.807, 2.05) is 44.2 Å². The lowest BCUT2D eigenvalue weighted by molar-refractivity contribution is -0.122. The molecule has 0 spiro atoms. The van der Waals surface area contributed by atoms with E-state index in [1.165, 1.54) is 26.4 Å². The summed E-state index contributed by atoms with van der Waals surface area (Å²) in [6, 6.07) is 13.7. The molecule has 0 aliphatic heterocycles. The first-order valence-corrected chi connectivity index (χ1v) is 11.3. The molecule has 0 fully saturated rings. The molecule has 2 aromatic rings.